The lowest BCUT2D eigenvalue weighted by Gasteiger charge is -2.22. The highest BCUT2D eigenvalue weighted by Crippen LogP contribution is 2.22. The maximum Gasteiger partial charge on any atom is 0.274 e. The van der Waals surface area contributed by atoms with E-state index in [1.165, 1.54) is 5.56 Å². The van der Waals surface area contributed by atoms with Crippen LogP contribution in [-0.4, -0.2) is 27.1 Å². The van der Waals surface area contributed by atoms with Crippen LogP contribution in [-0.2, 0) is 18.0 Å². The highest BCUT2D eigenvalue weighted by atomic mass is 35.5. The first-order valence-corrected chi connectivity index (χ1v) is 8.36. The quantitative estimate of drug-likeness (QED) is 0.774. The number of rotatable bonds is 5. The van der Waals surface area contributed by atoms with Gasteiger partial charge in [0.15, 0.2) is 0 Å². The number of carbonyl (C=O) groups excluding carboxylic acids is 1. The fourth-order valence-electron chi connectivity index (χ4n) is 2.36. The van der Waals surface area contributed by atoms with Crippen LogP contribution in [0.4, 0.5) is 0 Å². The van der Waals surface area contributed by atoms with Crippen LogP contribution < -0.4 is 0 Å². The van der Waals surface area contributed by atoms with Gasteiger partial charge in [-0.1, -0.05) is 45.0 Å². The molecule has 0 aliphatic carbocycles. The van der Waals surface area contributed by atoms with Crippen LogP contribution in [0.5, 0.6) is 0 Å². The first-order valence-electron chi connectivity index (χ1n) is 7.83. The van der Waals surface area contributed by atoms with E-state index in [2.05, 4.69) is 50.1 Å². The van der Waals surface area contributed by atoms with Gasteiger partial charge in [-0.25, -0.2) is 0 Å². The molecule has 0 atom stereocenters. The number of alkyl halides is 1. The SMILES string of the molecule is CCN(Cc1ccc(C(C)(C)C)cc1)C(=O)c1ccn(CCl)n1. The van der Waals surface area contributed by atoms with Crippen LogP contribution in [0.2, 0.25) is 0 Å². The lowest BCUT2D eigenvalue weighted by Crippen LogP contribution is -2.30. The van der Waals surface area contributed by atoms with Crippen LogP contribution in [0.1, 0.15) is 49.3 Å². The van der Waals surface area contributed by atoms with Crippen molar-refractivity contribution in [3.8, 4) is 0 Å². The Morgan fingerprint density at radius 2 is 1.87 bits per heavy atom. The number of hydrogen-bond acceptors (Lipinski definition) is 2. The summed E-state index contributed by atoms with van der Waals surface area (Å²) >= 11 is 5.72. The van der Waals surface area contributed by atoms with Crippen molar-refractivity contribution in [2.45, 2.75) is 45.7 Å². The van der Waals surface area contributed by atoms with Crippen molar-refractivity contribution >= 4 is 17.5 Å². The summed E-state index contributed by atoms with van der Waals surface area (Å²) in [5.41, 5.74) is 2.97. The Labute approximate surface area is 143 Å². The zero-order chi connectivity index (χ0) is 17.0. The molecule has 1 aromatic carbocycles. The molecule has 1 heterocycles. The molecule has 23 heavy (non-hydrogen) atoms. The molecule has 0 aliphatic heterocycles. The monoisotopic (exact) mass is 333 g/mol. The van der Waals surface area contributed by atoms with Crippen LogP contribution in [0.25, 0.3) is 0 Å². The molecule has 5 heteroatoms. The Morgan fingerprint density at radius 3 is 2.35 bits per heavy atom. The highest BCUT2D eigenvalue weighted by Gasteiger charge is 2.18. The number of amides is 1. The second-order valence-electron chi connectivity index (χ2n) is 6.63. The van der Waals surface area contributed by atoms with Gasteiger partial charge < -0.3 is 4.90 Å². The lowest BCUT2D eigenvalue weighted by atomic mass is 9.87. The standard InChI is InChI=1S/C18H24ClN3O/c1-5-21(17(23)16-10-11-22(13-19)20-16)12-14-6-8-15(9-7-14)18(2,3)4/h6-11H,5,12-13H2,1-4H3. The maximum absolute atomic E-state index is 12.5. The molecule has 0 unspecified atom stereocenters. The van der Waals surface area contributed by atoms with Crippen LogP contribution in [0.15, 0.2) is 36.5 Å². The number of carbonyl (C=O) groups is 1. The van der Waals surface area contributed by atoms with Gasteiger partial charge in [-0.05, 0) is 29.5 Å². The van der Waals surface area contributed by atoms with Gasteiger partial charge in [0, 0.05) is 19.3 Å². The largest absolute Gasteiger partial charge is 0.333 e. The first-order chi connectivity index (χ1) is 10.8. The Morgan fingerprint density at radius 1 is 1.22 bits per heavy atom. The van der Waals surface area contributed by atoms with E-state index in [1.54, 1.807) is 21.8 Å². The Kier molecular flexibility index (Phi) is 5.47. The molecule has 0 spiro atoms. The molecule has 1 amide bonds. The van der Waals surface area contributed by atoms with Crippen LogP contribution >= 0.6 is 11.6 Å². The molecule has 2 rings (SSSR count). The molecule has 0 saturated heterocycles. The summed E-state index contributed by atoms with van der Waals surface area (Å²) in [6.45, 7) is 9.76. The van der Waals surface area contributed by atoms with E-state index in [0.29, 0.717) is 18.8 Å². The zero-order valence-corrected chi connectivity index (χ0v) is 15.0. The average molecular weight is 334 g/mol. The average Bonchev–Trinajstić information content (AvgIpc) is 3.00. The third kappa shape index (κ3) is 4.35. The summed E-state index contributed by atoms with van der Waals surface area (Å²) in [5, 5.41) is 4.18. The van der Waals surface area contributed by atoms with Gasteiger partial charge in [0.05, 0.1) is 0 Å². The van der Waals surface area contributed by atoms with E-state index < -0.39 is 0 Å². The fourth-order valence-corrected chi connectivity index (χ4v) is 2.50. The van der Waals surface area contributed by atoms with Crippen molar-refractivity contribution in [3.63, 3.8) is 0 Å². The topological polar surface area (TPSA) is 38.1 Å². The van der Waals surface area contributed by atoms with Gasteiger partial charge in [-0.3, -0.25) is 9.48 Å². The van der Waals surface area contributed by atoms with E-state index in [9.17, 15) is 4.79 Å². The summed E-state index contributed by atoms with van der Waals surface area (Å²) in [6, 6.07) is 10.4. The minimum atomic E-state index is -0.0729. The molecular formula is C18H24ClN3O. The van der Waals surface area contributed by atoms with Gasteiger partial charge >= 0.3 is 0 Å². The number of nitrogens with zero attached hydrogens (tertiary/aromatic N) is 3. The second-order valence-corrected chi connectivity index (χ2v) is 6.87. The van der Waals surface area contributed by atoms with Crippen LogP contribution in [0, 0.1) is 0 Å². The van der Waals surface area contributed by atoms with Gasteiger partial charge in [-0.2, -0.15) is 5.10 Å². The molecule has 0 radical (unpaired) electrons. The normalized spacial score (nSPS) is 11.5. The fraction of sp³-hybridized carbons (Fsp3) is 0.444. The summed E-state index contributed by atoms with van der Waals surface area (Å²) in [4.78, 5) is 14.3. The predicted molar refractivity (Wildman–Crippen MR) is 93.6 cm³/mol. The predicted octanol–water partition coefficient (Wildman–Crippen LogP) is 4.04. The molecule has 0 N–H and O–H groups in total. The Hall–Kier alpha value is -1.81. The molecule has 2 aromatic rings. The molecule has 0 aliphatic rings. The summed E-state index contributed by atoms with van der Waals surface area (Å²) in [5.74, 6) is -0.0729. The number of benzene rings is 1. The molecule has 0 saturated carbocycles. The minimum Gasteiger partial charge on any atom is -0.333 e. The van der Waals surface area contributed by atoms with Crippen LogP contribution in [0.3, 0.4) is 0 Å². The van der Waals surface area contributed by atoms with E-state index in [4.69, 9.17) is 11.6 Å². The first kappa shape index (κ1) is 17.5. The van der Waals surface area contributed by atoms with Crippen molar-refractivity contribution in [1.82, 2.24) is 14.7 Å². The third-order valence-electron chi connectivity index (χ3n) is 3.84. The summed E-state index contributed by atoms with van der Waals surface area (Å²) in [7, 11) is 0. The third-order valence-corrected chi connectivity index (χ3v) is 4.09. The Bertz CT molecular complexity index is 656. The smallest absolute Gasteiger partial charge is 0.274 e. The number of halogens is 1. The molecule has 4 nitrogen and oxygen atoms in total. The molecule has 0 fully saturated rings. The van der Waals surface area contributed by atoms with E-state index in [-0.39, 0.29) is 17.3 Å². The van der Waals surface area contributed by atoms with Gasteiger partial charge in [0.25, 0.3) is 5.91 Å². The van der Waals surface area contributed by atoms with Gasteiger partial charge in [0.1, 0.15) is 11.7 Å². The van der Waals surface area contributed by atoms with Gasteiger partial charge in [-0.15, -0.1) is 11.6 Å². The maximum atomic E-state index is 12.5. The van der Waals surface area contributed by atoms with Crippen molar-refractivity contribution < 1.29 is 4.79 Å². The molecule has 124 valence electrons. The minimum absolute atomic E-state index is 0.0729. The van der Waals surface area contributed by atoms with E-state index in [0.717, 1.165) is 5.56 Å². The van der Waals surface area contributed by atoms with Crippen molar-refractivity contribution in [1.29, 1.82) is 0 Å². The zero-order valence-electron chi connectivity index (χ0n) is 14.2. The highest BCUT2D eigenvalue weighted by molar-refractivity contribution is 6.15. The van der Waals surface area contributed by atoms with Crippen molar-refractivity contribution in [2.75, 3.05) is 6.54 Å². The lowest BCUT2D eigenvalue weighted by molar-refractivity contribution is 0.0746. The molecule has 0 bridgehead atoms. The van der Waals surface area contributed by atoms with Crippen molar-refractivity contribution in [3.05, 3.63) is 53.3 Å². The van der Waals surface area contributed by atoms with E-state index >= 15 is 0 Å². The molecular weight excluding hydrogens is 310 g/mol. The van der Waals surface area contributed by atoms with Crippen molar-refractivity contribution in [2.24, 2.45) is 0 Å². The second kappa shape index (κ2) is 7.18. The summed E-state index contributed by atoms with van der Waals surface area (Å²) in [6.07, 6.45) is 1.71. The number of aromatic nitrogens is 2. The van der Waals surface area contributed by atoms with E-state index in [1.807, 2.05) is 6.92 Å². The molecule has 1 aromatic heterocycles. The van der Waals surface area contributed by atoms with Gasteiger partial charge in [0.2, 0.25) is 0 Å². The summed E-state index contributed by atoms with van der Waals surface area (Å²) < 4.78 is 1.54. The number of hydrogen-bond donors (Lipinski definition) is 0. The Balaban J connectivity index is 2.11.